The maximum absolute atomic E-state index is 5.52. The Balaban J connectivity index is 1.70. The van der Waals surface area contributed by atoms with Crippen LogP contribution < -0.4 is 4.74 Å². The third-order valence-corrected chi connectivity index (χ3v) is 2.38. The van der Waals surface area contributed by atoms with E-state index in [2.05, 4.69) is 20.3 Å². The van der Waals surface area contributed by atoms with Crippen LogP contribution in [0.15, 0.2) is 48.9 Å². The zero-order chi connectivity index (χ0) is 12.2. The van der Waals surface area contributed by atoms with Crippen molar-refractivity contribution in [2.75, 3.05) is 0 Å². The Morgan fingerprint density at radius 3 is 2.94 bits per heavy atom. The Labute approximate surface area is 103 Å². The normalized spacial score (nSPS) is 10.4. The van der Waals surface area contributed by atoms with Crippen LogP contribution in [-0.2, 0) is 6.61 Å². The van der Waals surface area contributed by atoms with Crippen molar-refractivity contribution in [2.24, 2.45) is 0 Å². The average molecular weight is 241 g/mol. The minimum Gasteiger partial charge on any atom is -0.470 e. The summed E-state index contributed by atoms with van der Waals surface area (Å²) in [6, 6.07) is 9.31. The molecule has 1 N–H and O–H groups in total. The first kappa shape index (κ1) is 10.5. The summed E-state index contributed by atoms with van der Waals surface area (Å²) >= 11 is 0. The van der Waals surface area contributed by atoms with E-state index in [4.69, 9.17) is 4.74 Å². The van der Waals surface area contributed by atoms with Gasteiger partial charge >= 0.3 is 0 Å². The number of nitrogens with zero attached hydrogens (tertiary/aromatic N) is 4. The van der Waals surface area contributed by atoms with Gasteiger partial charge in [-0.3, -0.25) is 5.10 Å². The molecule has 0 aromatic carbocycles. The summed E-state index contributed by atoms with van der Waals surface area (Å²) in [6.07, 6.45) is 5.22. The lowest BCUT2D eigenvalue weighted by atomic mass is 10.5. The first-order chi connectivity index (χ1) is 8.92. The Morgan fingerprint density at radius 1 is 1.17 bits per heavy atom. The van der Waals surface area contributed by atoms with Gasteiger partial charge in [0.15, 0.2) is 5.82 Å². The molecule has 0 aliphatic heterocycles. The summed E-state index contributed by atoms with van der Waals surface area (Å²) in [5.41, 5.74) is 0.905. The molecular formula is C12H11N5O. The molecule has 6 heteroatoms. The number of nitrogens with one attached hydrogen (secondary N) is 1. The quantitative estimate of drug-likeness (QED) is 0.752. The predicted molar refractivity (Wildman–Crippen MR) is 64.3 cm³/mol. The Kier molecular flexibility index (Phi) is 2.75. The summed E-state index contributed by atoms with van der Waals surface area (Å²) in [6.45, 7) is 0.416. The van der Waals surface area contributed by atoms with Gasteiger partial charge in [-0.25, -0.2) is 9.67 Å². The second-order valence-corrected chi connectivity index (χ2v) is 3.66. The van der Waals surface area contributed by atoms with Gasteiger partial charge < -0.3 is 4.74 Å². The second-order valence-electron chi connectivity index (χ2n) is 3.66. The van der Waals surface area contributed by atoms with Crippen LogP contribution in [0.1, 0.15) is 5.69 Å². The number of aromatic nitrogens is 5. The maximum atomic E-state index is 5.52. The van der Waals surface area contributed by atoms with Crippen LogP contribution in [-0.4, -0.2) is 25.0 Å². The summed E-state index contributed by atoms with van der Waals surface area (Å²) in [5, 5.41) is 10.9. The largest absolute Gasteiger partial charge is 0.470 e. The highest BCUT2D eigenvalue weighted by atomic mass is 16.5. The van der Waals surface area contributed by atoms with Gasteiger partial charge in [0.2, 0.25) is 5.88 Å². The highest BCUT2D eigenvalue weighted by molar-refractivity contribution is 5.22. The third-order valence-electron chi connectivity index (χ3n) is 2.38. The summed E-state index contributed by atoms with van der Waals surface area (Å²) in [4.78, 5) is 4.20. The van der Waals surface area contributed by atoms with Gasteiger partial charge in [0, 0.05) is 24.7 Å². The van der Waals surface area contributed by atoms with Gasteiger partial charge in [-0.05, 0) is 18.2 Å². The van der Waals surface area contributed by atoms with Gasteiger partial charge in [-0.2, -0.15) is 5.10 Å². The molecule has 3 aromatic heterocycles. The van der Waals surface area contributed by atoms with Gasteiger partial charge in [0.05, 0.1) is 5.69 Å². The molecule has 0 saturated carbocycles. The number of hydrogen-bond acceptors (Lipinski definition) is 4. The first-order valence-electron chi connectivity index (χ1n) is 5.50. The smallest absolute Gasteiger partial charge is 0.233 e. The highest BCUT2D eigenvalue weighted by Gasteiger charge is 2.03. The predicted octanol–water partition coefficient (Wildman–Crippen LogP) is 1.57. The fourth-order valence-corrected chi connectivity index (χ4v) is 1.52. The van der Waals surface area contributed by atoms with Gasteiger partial charge in [0.25, 0.3) is 0 Å². The SMILES string of the molecule is c1ccc(-n2ccc(OCc3ccn[nH]3)n2)nc1. The molecule has 0 fully saturated rings. The van der Waals surface area contributed by atoms with Crippen molar-refractivity contribution in [3.05, 3.63) is 54.6 Å². The Hall–Kier alpha value is -2.63. The summed E-state index contributed by atoms with van der Waals surface area (Å²) in [5.74, 6) is 1.31. The van der Waals surface area contributed by atoms with E-state index in [1.165, 1.54) is 0 Å². The molecule has 0 atom stereocenters. The highest BCUT2D eigenvalue weighted by Crippen LogP contribution is 2.11. The molecule has 6 nitrogen and oxygen atoms in total. The maximum Gasteiger partial charge on any atom is 0.233 e. The molecule has 0 radical (unpaired) electrons. The minimum absolute atomic E-state index is 0.416. The molecule has 0 spiro atoms. The van der Waals surface area contributed by atoms with E-state index < -0.39 is 0 Å². The van der Waals surface area contributed by atoms with E-state index in [-0.39, 0.29) is 0 Å². The fourth-order valence-electron chi connectivity index (χ4n) is 1.52. The number of H-pyrrole nitrogens is 1. The Bertz CT molecular complexity index is 602. The van der Waals surface area contributed by atoms with Crippen molar-refractivity contribution < 1.29 is 4.74 Å². The van der Waals surface area contributed by atoms with E-state index in [0.29, 0.717) is 12.5 Å². The Morgan fingerprint density at radius 2 is 2.17 bits per heavy atom. The molecule has 3 aromatic rings. The number of pyridine rings is 1. The fraction of sp³-hybridized carbons (Fsp3) is 0.0833. The number of aromatic amines is 1. The monoisotopic (exact) mass is 241 g/mol. The van der Waals surface area contributed by atoms with E-state index >= 15 is 0 Å². The topological polar surface area (TPSA) is 68.6 Å². The van der Waals surface area contributed by atoms with Gasteiger partial charge in [-0.1, -0.05) is 6.07 Å². The van der Waals surface area contributed by atoms with E-state index in [1.54, 1.807) is 23.1 Å². The molecule has 90 valence electrons. The summed E-state index contributed by atoms with van der Waals surface area (Å²) in [7, 11) is 0. The first-order valence-corrected chi connectivity index (χ1v) is 5.50. The van der Waals surface area contributed by atoms with E-state index in [9.17, 15) is 0 Å². The minimum atomic E-state index is 0.416. The molecule has 3 rings (SSSR count). The van der Waals surface area contributed by atoms with Gasteiger partial charge in [0.1, 0.15) is 6.61 Å². The van der Waals surface area contributed by atoms with Crippen LogP contribution >= 0.6 is 0 Å². The van der Waals surface area contributed by atoms with Crippen LogP contribution in [0.5, 0.6) is 5.88 Å². The van der Waals surface area contributed by atoms with Crippen LogP contribution in [0.2, 0.25) is 0 Å². The van der Waals surface area contributed by atoms with Crippen LogP contribution in [0, 0.1) is 0 Å². The van der Waals surface area contributed by atoms with Crippen LogP contribution in [0.25, 0.3) is 5.82 Å². The standard InChI is InChI=1S/C12H11N5O/c1-2-6-13-11(3-1)17-8-5-12(16-17)18-9-10-4-7-14-15-10/h1-8H,9H2,(H,14,15). The van der Waals surface area contributed by atoms with E-state index in [0.717, 1.165) is 11.5 Å². The molecule has 0 aliphatic carbocycles. The van der Waals surface area contributed by atoms with Crippen molar-refractivity contribution >= 4 is 0 Å². The zero-order valence-electron chi connectivity index (χ0n) is 9.52. The van der Waals surface area contributed by atoms with Crippen LogP contribution in [0.4, 0.5) is 0 Å². The second kappa shape index (κ2) is 4.70. The molecule has 3 heterocycles. The van der Waals surface area contributed by atoms with Crippen molar-refractivity contribution in [2.45, 2.75) is 6.61 Å². The van der Waals surface area contributed by atoms with E-state index in [1.807, 2.05) is 30.5 Å². The zero-order valence-corrected chi connectivity index (χ0v) is 9.52. The number of hydrogen-bond donors (Lipinski definition) is 1. The van der Waals surface area contributed by atoms with Crippen molar-refractivity contribution in [3.63, 3.8) is 0 Å². The lowest BCUT2D eigenvalue weighted by Crippen LogP contribution is -2.00. The molecular weight excluding hydrogens is 230 g/mol. The van der Waals surface area contributed by atoms with Crippen molar-refractivity contribution in [1.29, 1.82) is 0 Å². The molecule has 0 saturated heterocycles. The van der Waals surface area contributed by atoms with Crippen molar-refractivity contribution in [1.82, 2.24) is 25.0 Å². The lowest BCUT2D eigenvalue weighted by Gasteiger charge is -2.00. The molecule has 0 amide bonds. The van der Waals surface area contributed by atoms with Crippen LogP contribution in [0.3, 0.4) is 0 Å². The third kappa shape index (κ3) is 2.22. The van der Waals surface area contributed by atoms with Crippen molar-refractivity contribution in [3.8, 4) is 11.7 Å². The summed E-state index contributed by atoms with van der Waals surface area (Å²) < 4.78 is 7.19. The lowest BCUT2D eigenvalue weighted by molar-refractivity contribution is 0.287. The average Bonchev–Trinajstić information content (AvgIpc) is 3.09. The molecule has 0 bridgehead atoms. The van der Waals surface area contributed by atoms with Gasteiger partial charge in [-0.15, -0.1) is 5.10 Å². The number of ether oxygens (including phenoxy) is 1. The molecule has 18 heavy (non-hydrogen) atoms. The number of rotatable bonds is 4. The molecule has 0 aliphatic rings. The molecule has 0 unspecified atom stereocenters.